The standard InChI is InChI=1S/C8H14N4/c1-2-4-8(5-3-1)10-12-7-6-9-11-12/h6-8,10H,1-5H2. The molecule has 0 aliphatic heterocycles. The summed E-state index contributed by atoms with van der Waals surface area (Å²) in [6.07, 6.45) is 10.1. The predicted octanol–water partition coefficient (Wildman–Crippen LogP) is 1.15. The molecule has 0 spiro atoms. The number of rotatable bonds is 2. The van der Waals surface area contributed by atoms with Crippen LogP contribution in [0, 0.1) is 0 Å². The fourth-order valence-electron chi connectivity index (χ4n) is 1.70. The topological polar surface area (TPSA) is 42.7 Å². The van der Waals surface area contributed by atoms with Crippen LogP contribution in [0.2, 0.25) is 0 Å². The van der Waals surface area contributed by atoms with Crippen molar-refractivity contribution in [3.63, 3.8) is 0 Å². The third-order valence-electron chi connectivity index (χ3n) is 2.34. The molecule has 1 aromatic rings. The van der Waals surface area contributed by atoms with Gasteiger partial charge in [0.15, 0.2) is 0 Å². The highest BCUT2D eigenvalue weighted by Gasteiger charge is 2.12. The van der Waals surface area contributed by atoms with Crippen molar-refractivity contribution in [1.29, 1.82) is 0 Å². The minimum Gasteiger partial charge on any atom is -0.306 e. The highest BCUT2D eigenvalue weighted by Crippen LogP contribution is 2.17. The quantitative estimate of drug-likeness (QED) is 0.716. The van der Waals surface area contributed by atoms with Crippen molar-refractivity contribution in [1.82, 2.24) is 15.1 Å². The van der Waals surface area contributed by atoms with E-state index in [4.69, 9.17) is 0 Å². The van der Waals surface area contributed by atoms with Crippen LogP contribution in [0.4, 0.5) is 0 Å². The Hall–Kier alpha value is -1.06. The maximum Gasteiger partial charge on any atom is 0.0715 e. The van der Waals surface area contributed by atoms with Gasteiger partial charge in [-0.1, -0.05) is 19.3 Å². The summed E-state index contributed by atoms with van der Waals surface area (Å²) in [5.74, 6) is 0. The molecule has 1 aliphatic carbocycles. The highest BCUT2D eigenvalue weighted by molar-refractivity contribution is 4.83. The molecule has 0 unspecified atom stereocenters. The lowest BCUT2D eigenvalue weighted by molar-refractivity contribution is 0.427. The van der Waals surface area contributed by atoms with Crippen LogP contribution in [0.5, 0.6) is 0 Å². The lowest BCUT2D eigenvalue weighted by atomic mass is 9.96. The van der Waals surface area contributed by atoms with E-state index in [2.05, 4.69) is 15.7 Å². The van der Waals surface area contributed by atoms with Gasteiger partial charge in [0.1, 0.15) is 0 Å². The zero-order chi connectivity index (χ0) is 8.23. The van der Waals surface area contributed by atoms with Crippen molar-refractivity contribution in [3.8, 4) is 0 Å². The van der Waals surface area contributed by atoms with Crippen LogP contribution in [0.3, 0.4) is 0 Å². The van der Waals surface area contributed by atoms with Crippen LogP contribution in [-0.2, 0) is 0 Å². The predicted molar refractivity (Wildman–Crippen MR) is 46.3 cm³/mol. The minimum absolute atomic E-state index is 0.598. The van der Waals surface area contributed by atoms with Gasteiger partial charge in [0.05, 0.1) is 12.4 Å². The molecule has 1 N–H and O–H groups in total. The molecule has 0 saturated heterocycles. The third-order valence-corrected chi connectivity index (χ3v) is 2.34. The van der Waals surface area contributed by atoms with Gasteiger partial charge in [-0.15, -0.1) is 5.10 Å². The molecule has 1 fully saturated rings. The molecule has 1 aromatic heterocycles. The first-order valence-electron chi connectivity index (χ1n) is 4.58. The molecule has 1 aliphatic rings. The molecule has 0 bridgehead atoms. The van der Waals surface area contributed by atoms with Gasteiger partial charge in [0.2, 0.25) is 0 Å². The summed E-state index contributed by atoms with van der Waals surface area (Å²) < 4.78 is 0. The molecule has 4 nitrogen and oxygen atoms in total. The Morgan fingerprint density at radius 3 is 2.75 bits per heavy atom. The first kappa shape index (κ1) is 7.58. The van der Waals surface area contributed by atoms with Crippen molar-refractivity contribution in [3.05, 3.63) is 12.4 Å². The average Bonchev–Trinajstić information content (AvgIpc) is 2.59. The van der Waals surface area contributed by atoms with E-state index in [1.807, 2.05) is 6.20 Å². The molecule has 0 amide bonds. The zero-order valence-electron chi connectivity index (χ0n) is 7.11. The summed E-state index contributed by atoms with van der Waals surface area (Å²) in [6.45, 7) is 0. The zero-order valence-corrected chi connectivity index (χ0v) is 7.11. The summed E-state index contributed by atoms with van der Waals surface area (Å²) in [4.78, 5) is 1.70. The minimum atomic E-state index is 0.598. The monoisotopic (exact) mass is 166 g/mol. The van der Waals surface area contributed by atoms with Crippen LogP contribution in [0.15, 0.2) is 12.4 Å². The maximum absolute atomic E-state index is 3.87. The number of aromatic nitrogens is 3. The summed E-state index contributed by atoms with van der Waals surface area (Å²) in [6, 6.07) is 0.598. The van der Waals surface area contributed by atoms with Gasteiger partial charge in [-0.3, -0.25) is 0 Å². The van der Waals surface area contributed by atoms with Crippen molar-refractivity contribution < 1.29 is 0 Å². The first-order chi connectivity index (χ1) is 5.95. The molecule has 2 rings (SSSR count). The number of nitrogens with one attached hydrogen (secondary N) is 1. The first-order valence-corrected chi connectivity index (χ1v) is 4.58. The SMILES string of the molecule is c1cn(NC2CCCCC2)nn1. The van der Waals surface area contributed by atoms with Crippen LogP contribution in [0.1, 0.15) is 32.1 Å². The van der Waals surface area contributed by atoms with Crippen molar-refractivity contribution in [2.75, 3.05) is 5.43 Å². The van der Waals surface area contributed by atoms with Gasteiger partial charge in [-0.05, 0) is 18.1 Å². The largest absolute Gasteiger partial charge is 0.306 e. The summed E-state index contributed by atoms with van der Waals surface area (Å²) in [7, 11) is 0. The van der Waals surface area contributed by atoms with Crippen molar-refractivity contribution >= 4 is 0 Å². The second kappa shape index (κ2) is 3.56. The second-order valence-electron chi connectivity index (χ2n) is 3.31. The number of hydrogen-bond donors (Lipinski definition) is 1. The van der Waals surface area contributed by atoms with Gasteiger partial charge in [0, 0.05) is 6.04 Å². The Bertz CT molecular complexity index is 213. The van der Waals surface area contributed by atoms with Crippen LogP contribution in [0.25, 0.3) is 0 Å². The molecule has 1 heterocycles. The van der Waals surface area contributed by atoms with Gasteiger partial charge < -0.3 is 5.43 Å². The van der Waals surface area contributed by atoms with E-state index in [-0.39, 0.29) is 0 Å². The summed E-state index contributed by atoms with van der Waals surface area (Å²) in [5, 5.41) is 7.60. The summed E-state index contributed by atoms with van der Waals surface area (Å²) >= 11 is 0. The average molecular weight is 166 g/mol. The van der Waals surface area contributed by atoms with Crippen LogP contribution in [-0.4, -0.2) is 21.1 Å². The van der Waals surface area contributed by atoms with Gasteiger partial charge >= 0.3 is 0 Å². The van der Waals surface area contributed by atoms with E-state index in [1.54, 1.807) is 11.0 Å². The molecule has 12 heavy (non-hydrogen) atoms. The lowest BCUT2D eigenvalue weighted by Crippen LogP contribution is -2.30. The normalized spacial score (nSPS) is 19.3. The van der Waals surface area contributed by atoms with E-state index in [0.29, 0.717) is 6.04 Å². The third kappa shape index (κ3) is 1.75. The Labute approximate surface area is 71.9 Å². The van der Waals surface area contributed by atoms with Gasteiger partial charge in [-0.2, -0.15) is 4.79 Å². The molecule has 0 radical (unpaired) electrons. The van der Waals surface area contributed by atoms with E-state index in [9.17, 15) is 0 Å². The fraction of sp³-hybridized carbons (Fsp3) is 0.750. The van der Waals surface area contributed by atoms with E-state index < -0.39 is 0 Å². The van der Waals surface area contributed by atoms with Gasteiger partial charge in [0.25, 0.3) is 0 Å². The molecular weight excluding hydrogens is 152 g/mol. The van der Waals surface area contributed by atoms with E-state index in [0.717, 1.165) is 0 Å². The Kier molecular flexibility index (Phi) is 2.25. The Balaban J connectivity index is 1.86. The van der Waals surface area contributed by atoms with Crippen molar-refractivity contribution in [2.24, 2.45) is 0 Å². The maximum atomic E-state index is 3.87. The smallest absolute Gasteiger partial charge is 0.0715 e. The lowest BCUT2D eigenvalue weighted by Gasteiger charge is -2.22. The Morgan fingerprint density at radius 2 is 2.08 bits per heavy atom. The fourth-order valence-corrected chi connectivity index (χ4v) is 1.70. The van der Waals surface area contributed by atoms with E-state index >= 15 is 0 Å². The van der Waals surface area contributed by atoms with Crippen molar-refractivity contribution in [2.45, 2.75) is 38.1 Å². The van der Waals surface area contributed by atoms with Crippen LogP contribution < -0.4 is 5.43 Å². The van der Waals surface area contributed by atoms with E-state index in [1.165, 1.54) is 32.1 Å². The summed E-state index contributed by atoms with van der Waals surface area (Å²) in [5.41, 5.74) is 3.30. The molecular formula is C8H14N4. The molecule has 4 heteroatoms. The molecule has 1 saturated carbocycles. The second-order valence-corrected chi connectivity index (χ2v) is 3.31. The molecule has 66 valence electrons. The number of nitrogens with zero attached hydrogens (tertiary/aromatic N) is 3. The highest BCUT2D eigenvalue weighted by atomic mass is 15.6. The van der Waals surface area contributed by atoms with Gasteiger partial charge in [-0.25, -0.2) is 0 Å². The number of hydrogen-bond acceptors (Lipinski definition) is 3. The van der Waals surface area contributed by atoms with Crippen LogP contribution >= 0.6 is 0 Å². The Morgan fingerprint density at radius 1 is 1.25 bits per heavy atom. The molecule has 0 aromatic carbocycles. The molecule has 0 atom stereocenters.